The maximum Gasteiger partial charge on any atom is 0.0602 e. The van der Waals surface area contributed by atoms with Crippen LogP contribution >= 0.6 is 0 Å². The van der Waals surface area contributed by atoms with Crippen molar-refractivity contribution in [1.82, 2.24) is 57.1 Å². The average Bonchev–Trinajstić information content (AvgIpc) is 1.59. The standard InChI is InChI=1S/2C22H17N3.4C21H23N2.2Ir/c2*1-23-13-14-24(16-23)18-11-12-20-19-9-5-6-10-21(19)25(22(20)15-18)17-7-3-2-4-8-17;4*1-15(2)18-11-8-12-19(16(3)4)20(18)23-14-13-22-21(23)17-9-6-5-7-10-17;;/h2*2-10,12-16H,1H3;4*5-9,11-16H,1-4H3;;/q2*-2;4*-1;;. The van der Waals surface area contributed by atoms with Crippen molar-refractivity contribution in [1.29, 1.82) is 0 Å². The first-order chi connectivity index (χ1) is 69.0. The van der Waals surface area contributed by atoms with E-state index in [0.717, 1.165) is 56.9 Å². The summed E-state index contributed by atoms with van der Waals surface area (Å²) in [6, 6.07) is 125. The molecule has 144 heavy (non-hydrogen) atoms. The fraction of sp³-hybridized carbons (Fsp3) is 0.203. The zero-order valence-electron chi connectivity index (χ0n) is 85.5. The van der Waals surface area contributed by atoms with Crippen LogP contribution in [0.4, 0.5) is 11.4 Å². The molecule has 0 bridgehead atoms. The van der Waals surface area contributed by atoms with Crippen molar-refractivity contribution in [3.05, 3.63) is 472 Å². The second-order valence-corrected chi connectivity index (χ2v) is 38.5. The Bertz CT molecular complexity index is 6830. The molecule has 6 aromatic heterocycles. The van der Waals surface area contributed by atoms with Gasteiger partial charge in [0.1, 0.15) is 0 Å². The molecular formula is C128H126Ir2N14-8. The van der Waals surface area contributed by atoms with Crippen LogP contribution in [0.1, 0.15) is 203 Å². The summed E-state index contributed by atoms with van der Waals surface area (Å²) in [5.41, 5.74) is 29.2. The number of hydrogen-bond acceptors (Lipinski definition) is 8. The van der Waals surface area contributed by atoms with Gasteiger partial charge >= 0.3 is 0 Å². The predicted octanol–water partition coefficient (Wildman–Crippen LogP) is 32.2. The summed E-state index contributed by atoms with van der Waals surface area (Å²) in [6.07, 6.45) is 23.9. The number of nitrogens with zero attached hydrogens (tertiary/aromatic N) is 14. The van der Waals surface area contributed by atoms with E-state index < -0.39 is 0 Å². The number of aromatic nitrogens is 10. The summed E-state index contributed by atoms with van der Waals surface area (Å²) in [4.78, 5) is 26.6. The van der Waals surface area contributed by atoms with E-state index in [1.54, 1.807) is 0 Å². The molecule has 20 aromatic rings. The summed E-state index contributed by atoms with van der Waals surface area (Å²) in [6.45, 7) is 40.0. The molecule has 2 aliphatic rings. The van der Waals surface area contributed by atoms with Gasteiger partial charge in [0.05, 0.1) is 23.3 Å². The number of fused-ring (bicyclic) bond motifs is 6. The second-order valence-electron chi connectivity index (χ2n) is 38.5. The molecule has 734 valence electrons. The molecule has 0 spiro atoms. The largest absolute Gasteiger partial charge is 0.510 e. The zero-order chi connectivity index (χ0) is 99.2. The van der Waals surface area contributed by atoms with Crippen molar-refractivity contribution in [2.75, 3.05) is 23.9 Å². The van der Waals surface area contributed by atoms with Gasteiger partial charge in [0, 0.05) is 135 Å². The van der Waals surface area contributed by atoms with Crippen LogP contribution in [0.2, 0.25) is 0 Å². The van der Waals surface area contributed by atoms with Crippen LogP contribution in [0.15, 0.2) is 378 Å². The van der Waals surface area contributed by atoms with Crippen molar-refractivity contribution in [2.24, 2.45) is 0 Å². The first-order valence-electron chi connectivity index (χ1n) is 49.6. The predicted molar refractivity (Wildman–Crippen MR) is 591 cm³/mol. The quantitative estimate of drug-likeness (QED) is 0.0697. The van der Waals surface area contributed by atoms with E-state index in [1.165, 1.54) is 122 Å². The maximum absolute atomic E-state index is 4.60. The van der Waals surface area contributed by atoms with Gasteiger partial charge in [-0.3, -0.25) is 19.9 Å². The average molecular weight is 2240 g/mol. The van der Waals surface area contributed by atoms with E-state index in [4.69, 9.17) is 0 Å². The molecule has 0 atom stereocenters. The molecule has 14 aromatic carbocycles. The van der Waals surface area contributed by atoms with E-state index in [9.17, 15) is 0 Å². The summed E-state index contributed by atoms with van der Waals surface area (Å²) in [5, 5.41) is 4.95. The first-order valence-corrected chi connectivity index (χ1v) is 49.6. The molecular weight excluding hydrogens is 2120 g/mol. The fourth-order valence-electron chi connectivity index (χ4n) is 19.0. The summed E-state index contributed by atoms with van der Waals surface area (Å²) in [7, 11) is 4.05. The van der Waals surface area contributed by atoms with Crippen molar-refractivity contribution in [3.63, 3.8) is 0 Å². The van der Waals surface area contributed by atoms with Crippen molar-refractivity contribution in [3.8, 4) is 79.7 Å². The summed E-state index contributed by atoms with van der Waals surface area (Å²) >= 11 is 0. The minimum Gasteiger partial charge on any atom is -0.510 e. The Hall–Kier alpha value is -14.5. The number of para-hydroxylation sites is 8. The molecule has 8 heterocycles. The molecule has 0 fully saturated rings. The minimum absolute atomic E-state index is 0. The van der Waals surface area contributed by atoms with Gasteiger partial charge in [-0.15, -0.1) is 178 Å². The molecule has 0 aliphatic carbocycles. The molecule has 0 unspecified atom stereocenters. The Morgan fingerprint density at radius 1 is 0.243 bits per heavy atom. The molecule has 0 N–H and O–H groups in total. The Labute approximate surface area is 879 Å². The zero-order valence-corrected chi connectivity index (χ0v) is 90.3. The Morgan fingerprint density at radius 3 is 0.715 bits per heavy atom. The monoisotopic (exact) mass is 2240 g/mol. The number of imidazole rings is 4. The van der Waals surface area contributed by atoms with Crippen LogP contribution in [0.25, 0.3) is 123 Å². The topological polar surface area (TPSA) is 94.1 Å². The van der Waals surface area contributed by atoms with Gasteiger partial charge < -0.3 is 47.0 Å². The third kappa shape index (κ3) is 22.7. The van der Waals surface area contributed by atoms with Crippen LogP contribution in [0.3, 0.4) is 0 Å². The third-order valence-corrected chi connectivity index (χ3v) is 26.0. The molecule has 16 heteroatoms. The molecule has 0 saturated heterocycles. The number of rotatable bonds is 20. The molecule has 14 nitrogen and oxygen atoms in total. The molecule has 2 aliphatic heterocycles. The van der Waals surface area contributed by atoms with Gasteiger partial charge in [-0.1, -0.05) is 267 Å². The molecule has 0 amide bonds. The van der Waals surface area contributed by atoms with E-state index in [1.807, 2.05) is 160 Å². The van der Waals surface area contributed by atoms with Crippen LogP contribution in [0.5, 0.6) is 0 Å². The Balaban J connectivity index is 0.000000130. The van der Waals surface area contributed by atoms with Gasteiger partial charge in [-0.05, 0) is 178 Å². The molecule has 22 rings (SSSR count). The summed E-state index contributed by atoms with van der Waals surface area (Å²) < 4.78 is 13.5. The van der Waals surface area contributed by atoms with Crippen LogP contribution < -0.4 is 9.80 Å². The smallest absolute Gasteiger partial charge is 0.0602 e. The van der Waals surface area contributed by atoms with E-state index in [0.29, 0.717) is 47.3 Å². The number of benzene rings is 14. The van der Waals surface area contributed by atoms with Crippen molar-refractivity contribution in [2.45, 2.75) is 158 Å². The molecule has 2 radical (unpaired) electrons. The van der Waals surface area contributed by atoms with Crippen molar-refractivity contribution >= 4 is 55.0 Å². The minimum atomic E-state index is 0. The van der Waals surface area contributed by atoms with Gasteiger partial charge in [-0.2, -0.15) is 37.6 Å². The number of hydrogen-bond donors (Lipinski definition) is 0. The summed E-state index contributed by atoms with van der Waals surface area (Å²) in [5.74, 6) is 7.44. The number of anilines is 2. The molecule has 0 saturated carbocycles. The van der Waals surface area contributed by atoms with Gasteiger partial charge in [0.25, 0.3) is 0 Å². The second kappa shape index (κ2) is 47.6. The van der Waals surface area contributed by atoms with Crippen LogP contribution in [-0.4, -0.2) is 71.2 Å². The third-order valence-electron chi connectivity index (χ3n) is 26.0. The van der Waals surface area contributed by atoms with E-state index >= 15 is 0 Å². The normalized spacial score (nSPS) is 12.2. The SMILES string of the molecule is CC(C)c1cccc(C(C)C)c1-n1ccnc1-c1[c-]cccc1.CC(C)c1cccc(C(C)C)c1-n1ccnc1-c1[c-]cccc1.CC(C)c1cccc(C(C)C)c1-n1ccnc1-c1[c-]cccc1.CC(C)c1cccc(C(C)C)c1-n1ccnc1-c1[c-]cccc1.CN1C=CN(c2[c-]cc3c4ccccc4n(-c4ccccc4)c3c2)[CH-]1.CN1C=CN(c2[c-]cc3c4ccccc4n(-c4ccccc4)c3c2)[CH-]1.[Ir].[Ir]. The van der Waals surface area contributed by atoms with Crippen LogP contribution in [-0.2, 0) is 40.2 Å². The van der Waals surface area contributed by atoms with Gasteiger partial charge in [-0.25, -0.2) is 0 Å². The van der Waals surface area contributed by atoms with Crippen molar-refractivity contribution < 1.29 is 40.2 Å². The first kappa shape index (κ1) is 104. The fourth-order valence-corrected chi connectivity index (χ4v) is 19.0. The van der Waals surface area contributed by atoms with E-state index in [2.05, 4.69) is 460 Å². The maximum atomic E-state index is 4.60. The van der Waals surface area contributed by atoms with Crippen LogP contribution in [0, 0.1) is 49.7 Å². The van der Waals surface area contributed by atoms with E-state index in [-0.39, 0.29) is 40.2 Å². The Morgan fingerprint density at radius 2 is 0.486 bits per heavy atom. The van der Waals surface area contributed by atoms with Gasteiger partial charge in [0.15, 0.2) is 0 Å². The Kier molecular flexibility index (Phi) is 34.3. The van der Waals surface area contributed by atoms with Gasteiger partial charge in [0.2, 0.25) is 0 Å².